The van der Waals surface area contributed by atoms with Gasteiger partial charge in [-0.15, -0.1) is 0 Å². The van der Waals surface area contributed by atoms with Gasteiger partial charge in [0.2, 0.25) is 0 Å². The van der Waals surface area contributed by atoms with Crippen LogP contribution in [0.4, 0.5) is 4.79 Å². The van der Waals surface area contributed by atoms with Gasteiger partial charge in [-0.2, -0.15) is 0 Å². The maximum Gasteiger partial charge on any atom is 0.279 e. The molecule has 0 aromatic heterocycles. The van der Waals surface area contributed by atoms with Crippen LogP contribution in [0.3, 0.4) is 0 Å². The van der Waals surface area contributed by atoms with Gasteiger partial charge >= 0.3 is 0 Å². The fraction of sp³-hybridized carbons (Fsp3) is 0.500. The molecule has 1 saturated heterocycles. The predicted molar refractivity (Wildman–Crippen MR) is 30.8 cm³/mol. The van der Waals surface area contributed by atoms with E-state index in [4.69, 9.17) is 0 Å². The topological polar surface area (TPSA) is 46.2 Å². The standard InChI is InChI=1S/C4H5NO2S/c6-2-3-1-5-4(7)8-3/h2-3H,1H2,(H,5,7). The van der Waals surface area contributed by atoms with Gasteiger partial charge in [0.1, 0.15) is 6.29 Å². The van der Waals surface area contributed by atoms with Crippen LogP contribution >= 0.6 is 11.8 Å². The van der Waals surface area contributed by atoms with E-state index < -0.39 is 0 Å². The lowest BCUT2D eigenvalue weighted by atomic mass is 10.5. The molecule has 0 aromatic rings. The van der Waals surface area contributed by atoms with Crippen molar-refractivity contribution in [2.45, 2.75) is 5.25 Å². The largest absolute Gasteiger partial charge is 0.345 e. The molecule has 1 rings (SSSR count). The van der Waals surface area contributed by atoms with Gasteiger partial charge in [0.05, 0.1) is 5.25 Å². The molecule has 1 N–H and O–H groups in total. The van der Waals surface area contributed by atoms with E-state index in [1.165, 1.54) is 0 Å². The summed E-state index contributed by atoms with van der Waals surface area (Å²) in [5.41, 5.74) is 0. The van der Waals surface area contributed by atoms with Crippen molar-refractivity contribution >= 4 is 23.3 Å². The summed E-state index contributed by atoms with van der Waals surface area (Å²) in [6.07, 6.45) is 0.780. The Labute approximate surface area is 50.8 Å². The Hall–Kier alpha value is -0.510. The molecule has 1 amide bonds. The van der Waals surface area contributed by atoms with Gasteiger partial charge < -0.3 is 10.1 Å². The zero-order valence-electron chi connectivity index (χ0n) is 4.09. The third-order valence-electron chi connectivity index (χ3n) is 0.858. The quantitative estimate of drug-likeness (QED) is 0.510. The Balaban J connectivity index is 2.43. The molecule has 1 unspecified atom stereocenters. The Bertz CT molecular complexity index is 125. The molecule has 0 spiro atoms. The van der Waals surface area contributed by atoms with Crippen LogP contribution in [0.15, 0.2) is 0 Å². The van der Waals surface area contributed by atoms with Gasteiger partial charge in [0.15, 0.2) is 0 Å². The van der Waals surface area contributed by atoms with E-state index in [1.807, 2.05) is 0 Å². The van der Waals surface area contributed by atoms with Crippen molar-refractivity contribution in [2.24, 2.45) is 0 Å². The summed E-state index contributed by atoms with van der Waals surface area (Å²) in [6, 6.07) is 0. The van der Waals surface area contributed by atoms with Crippen LogP contribution in [0.5, 0.6) is 0 Å². The van der Waals surface area contributed by atoms with Crippen LogP contribution in [0.1, 0.15) is 0 Å². The zero-order chi connectivity index (χ0) is 5.98. The van der Waals surface area contributed by atoms with Gasteiger partial charge in [0, 0.05) is 6.54 Å². The van der Waals surface area contributed by atoms with Crippen LogP contribution in [0.2, 0.25) is 0 Å². The molecule has 0 aliphatic carbocycles. The molecule has 1 fully saturated rings. The summed E-state index contributed by atoms with van der Waals surface area (Å²) in [7, 11) is 0. The summed E-state index contributed by atoms with van der Waals surface area (Å²) < 4.78 is 0. The number of thioether (sulfide) groups is 1. The smallest absolute Gasteiger partial charge is 0.279 e. The van der Waals surface area contributed by atoms with E-state index >= 15 is 0 Å². The molecular formula is C4H5NO2S. The number of carbonyl (C=O) groups is 2. The second-order valence-electron chi connectivity index (χ2n) is 1.46. The van der Waals surface area contributed by atoms with Crippen molar-refractivity contribution < 1.29 is 9.59 Å². The number of hydrogen-bond donors (Lipinski definition) is 1. The van der Waals surface area contributed by atoms with Crippen molar-refractivity contribution in [2.75, 3.05) is 6.54 Å². The zero-order valence-corrected chi connectivity index (χ0v) is 4.90. The van der Waals surface area contributed by atoms with Gasteiger partial charge in [-0.05, 0) is 0 Å². The minimum atomic E-state index is -0.150. The molecular weight excluding hydrogens is 126 g/mol. The molecule has 8 heavy (non-hydrogen) atoms. The third kappa shape index (κ3) is 1.01. The Morgan fingerprint density at radius 3 is 2.88 bits per heavy atom. The lowest BCUT2D eigenvalue weighted by Gasteiger charge is -1.86. The van der Waals surface area contributed by atoms with E-state index in [2.05, 4.69) is 5.32 Å². The fourth-order valence-corrected chi connectivity index (χ4v) is 1.14. The molecule has 4 heteroatoms. The monoisotopic (exact) mass is 131 g/mol. The van der Waals surface area contributed by atoms with Crippen LogP contribution in [-0.4, -0.2) is 23.3 Å². The molecule has 0 saturated carbocycles. The first-order valence-electron chi connectivity index (χ1n) is 2.22. The van der Waals surface area contributed by atoms with Gasteiger partial charge in [-0.25, -0.2) is 0 Å². The SMILES string of the molecule is O=CC1CNC(=O)S1. The first kappa shape index (κ1) is 5.62. The Morgan fingerprint density at radius 1 is 1.88 bits per heavy atom. The van der Waals surface area contributed by atoms with Gasteiger partial charge in [-0.3, -0.25) is 4.79 Å². The van der Waals surface area contributed by atoms with Crippen molar-refractivity contribution in [3.63, 3.8) is 0 Å². The molecule has 0 radical (unpaired) electrons. The van der Waals surface area contributed by atoms with Gasteiger partial charge in [0.25, 0.3) is 5.24 Å². The molecule has 0 bridgehead atoms. The third-order valence-corrected chi connectivity index (χ3v) is 1.80. The molecule has 44 valence electrons. The van der Waals surface area contributed by atoms with Crippen LogP contribution in [0, 0.1) is 0 Å². The van der Waals surface area contributed by atoms with Gasteiger partial charge in [-0.1, -0.05) is 11.8 Å². The van der Waals surface area contributed by atoms with Crippen LogP contribution < -0.4 is 5.32 Å². The Morgan fingerprint density at radius 2 is 2.62 bits per heavy atom. The highest BCUT2D eigenvalue weighted by molar-refractivity contribution is 8.15. The normalized spacial score (nSPS) is 27.5. The maximum atomic E-state index is 10.3. The minimum Gasteiger partial charge on any atom is -0.345 e. The van der Waals surface area contributed by atoms with E-state index in [9.17, 15) is 9.59 Å². The predicted octanol–water partition coefficient (Wildman–Crippen LogP) is 0.0103. The van der Waals surface area contributed by atoms with Crippen molar-refractivity contribution in [1.29, 1.82) is 0 Å². The van der Waals surface area contributed by atoms with E-state index in [0.717, 1.165) is 18.0 Å². The number of amides is 1. The minimum absolute atomic E-state index is 0.0953. The lowest BCUT2D eigenvalue weighted by molar-refractivity contribution is -0.107. The van der Waals surface area contributed by atoms with Crippen molar-refractivity contribution in [3.05, 3.63) is 0 Å². The molecule has 1 heterocycles. The lowest BCUT2D eigenvalue weighted by Crippen LogP contribution is -2.15. The fourth-order valence-electron chi connectivity index (χ4n) is 0.481. The number of aldehydes is 1. The average molecular weight is 131 g/mol. The second kappa shape index (κ2) is 2.17. The van der Waals surface area contributed by atoms with E-state index in [0.29, 0.717) is 6.54 Å². The maximum absolute atomic E-state index is 10.3. The Kier molecular flexibility index (Phi) is 1.53. The highest BCUT2D eigenvalue weighted by atomic mass is 32.2. The number of carbonyl (C=O) groups excluding carboxylic acids is 2. The van der Waals surface area contributed by atoms with Crippen LogP contribution in [0.25, 0.3) is 0 Å². The molecule has 3 nitrogen and oxygen atoms in total. The molecule has 1 aliphatic heterocycles. The summed E-state index contributed by atoms with van der Waals surface area (Å²) in [5.74, 6) is 0. The van der Waals surface area contributed by atoms with Crippen molar-refractivity contribution in [3.8, 4) is 0 Å². The first-order chi connectivity index (χ1) is 3.83. The van der Waals surface area contributed by atoms with E-state index in [1.54, 1.807) is 0 Å². The molecule has 1 atom stereocenters. The highest BCUT2D eigenvalue weighted by Gasteiger charge is 2.20. The first-order valence-corrected chi connectivity index (χ1v) is 3.10. The average Bonchev–Trinajstić information content (AvgIpc) is 2.14. The second-order valence-corrected chi connectivity index (χ2v) is 2.67. The summed E-state index contributed by atoms with van der Waals surface area (Å²) >= 11 is 1.05. The highest BCUT2D eigenvalue weighted by Crippen LogP contribution is 2.14. The number of rotatable bonds is 1. The molecule has 0 aromatic carbocycles. The molecule has 1 aliphatic rings. The number of nitrogens with one attached hydrogen (secondary N) is 1. The number of hydrogen-bond acceptors (Lipinski definition) is 3. The van der Waals surface area contributed by atoms with Crippen LogP contribution in [-0.2, 0) is 4.79 Å². The summed E-state index contributed by atoms with van der Waals surface area (Å²) in [6.45, 7) is 0.493. The van der Waals surface area contributed by atoms with E-state index in [-0.39, 0.29) is 10.5 Å². The van der Waals surface area contributed by atoms with Crippen molar-refractivity contribution in [1.82, 2.24) is 5.32 Å². The summed E-state index contributed by atoms with van der Waals surface area (Å²) in [4.78, 5) is 20.2. The summed E-state index contributed by atoms with van der Waals surface area (Å²) in [5, 5.41) is 2.27.